The van der Waals surface area contributed by atoms with Crippen molar-refractivity contribution in [2.24, 2.45) is 0 Å². The third kappa shape index (κ3) is 5.18. The van der Waals surface area contributed by atoms with E-state index in [0.29, 0.717) is 22.9 Å². The second kappa shape index (κ2) is 9.62. The quantitative estimate of drug-likeness (QED) is 0.498. The van der Waals surface area contributed by atoms with Crippen LogP contribution in [0.2, 0.25) is 10.0 Å². The zero-order valence-corrected chi connectivity index (χ0v) is 18.8. The maximum Gasteiger partial charge on any atom is 0.316 e. The van der Waals surface area contributed by atoms with Crippen LogP contribution in [0.15, 0.2) is 46.9 Å². The highest BCUT2D eigenvalue weighted by Crippen LogP contribution is 2.39. The summed E-state index contributed by atoms with van der Waals surface area (Å²) in [4.78, 5) is 15.4. The molecule has 0 aromatic heterocycles. The monoisotopic (exact) mass is 491 g/mol. The first-order valence-corrected chi connectivity index (χ1v) is 10.0. The average Bonchev–Trinajstić information content (AvgIpc) is 2.64. The number of likely N-dealkylation sites (tertiary alicyclic amines) is 1. The van der Waals surface area contributed by atoms with E-state index in [9.17, 15) is 4.79 Å². The fourth-order valence-corrected chi connectivity index (χ4v) is 3.83. The molecule has 0 atom stereocenters. The van der Waals surface area contributed by atoms with Crippen molar-refractivity contribution in [3.63, 3.8) is 0 Å². The lowest BCUT2D eigenvalue weighted by molar-refractivity contribution is -0.154. The first kappa shape index (κ1) is 22.5. The van der Waals surface area contributed by atoms with Gasteiger partial charge in [0.1, 0.15) is 6.61 Å². The van der Waals surface area contributed by atoms with E-state index in [-0.39, 0.29) is 25.0 Å². The summed E-state index contributed by atoms with van der Waals surface area (Å²) < 4.78 is 6.72. The Hall–Kier alpha value is -0.780. The number of hydrogen-bond donors (Lipinski definition) is 0. The molecule has 0 aliphatic carbocycles. The molecule has 1 heterocycles. The molecule has 2 aromatic carbocycles. The lowest BCUT2D eigenvalue weighted by Crippen LogP contribution is -2.47. The van der Waals surface area contributed by atoms with Gasteiger partial charge in [0.05, 0.1) is 15.5 Å². The Bertz CT molecular complexity index is 790. The lowest BCUT2D eigenvalue weighted by Gasteiger charge is -2.39. The van der Waals surface area contributed by atoms with Crippen LogP contribution >= 0.6 is 51.5 Å². The molecule has 1 aliphatic heterocycles. The van der Waals surface area contributed by atoms with Gasteiger partial charge in [-0.25, -0.2) is 0 Å². The maximum absolute atomic E-state index is 13.1. The van der Waals surface area contributed by atoms with Crippen LogP contribution in [0.4, 0.5) is 0 Å². The zero-order valence-electron chi connectivity index (χ0n) is 14.9. The summed E-state index contributed by atoms with van der Waals surface area (Å²) >= 11 is 15.7. The highest BCUT2D eigenvalue weighted by atomic mass is 79.9. The Balaban J connectivity index is 0.00000261. The highest BCUT2D eigenvalue weighted by Gasteiger charge is 2.44. The Morgan fingerprint density at radius 2 is 1.74 bits per heavy atom. The lowest BCUT2D eigenvalue weighted by atomic mass is 9.73. The average molecular weight is 494 g/mol. The van der Waals surface area contributed by atoms with Crippen LogP contribution in [0.1, 0.15) is 24.0 Å². The fraction of sp³-hybridized carbons (Fsp3) is 0.350. The van der Waals surface area contributed by atoms with Crippen LogP contribution in [-0.2, 0) is 21.6 Å². The van der Waals surface area contributed by atoms with Gasteiger partial charge in [0.15, 0.2) is 0 Å². The van der Waals surface area contributed by atoms with Gasteiger partial charge in [-0.15, -0.1) is 12.4 Å². The number of halogens is 4. The molecular formula is C20H21BrCl3NO2. The molecule has 1 fully saturated rings. The van der Waals surface area contributed by atoms with Gasteiger partial charge in [-0.1, -0.05) is 57.3 Å². The number of hydrogen-bond acceptors (Lipinski definition) is 3. The summed E-state index contributed by atoms with van der Waals surface area (Å²) in [5.74, 6) is -0.202. The van der Waals surface area contributed by atoms with Crippen molar-refractivity contribution in [1.29, 1.82) is 0 Å². The predicted octanol–water partition coefficient (Wildman–Crippen LogP) is 5.88. The molecule has 0 spiro atoms. The minimum atomic E-state index is -0.684. The van der Waals surface area contributed by atoms with Crippen LogP contribution in [0.5, 0.6) is 0 Å². The zero-order chi connectivity index (χ0) is 18.7. The van der Waals surface area contributed by atoms with Crippen molar-refractivity contribution in [1.82, 2.24) is 4.90 Å². The number of piperidine rings is 1. The molecule has 0 bridgehead atoms. The van der Waals surface area contributed by atoms with E-state index in [2.05, 4.69) is 27.9 Å². The van der Waals surface area contributed by atoms with E-state index >= 15 is 0 Å². The molecule has 0 saturated carbocycles. The number of carbonyl (C=O) groups is 1. The number of nitrogens with zero attached hydrogens (tertiary/aromatic N) is 1. The molecule has 0 unspecified atom stereocenters. The van der Waals surface area contributed by atoms with Crippen molar-refractivity contribution in [2.45, 2.75) is 24.9 Å². The number of esters is 1. The summed E-state index contributed by atoms with van der Waals surface area (Å²) in [6.45, 7) is 1.91. The number of ether oxygens (including phenoxy) is 1. The molecule has 3 nitrogen and oxygen atoms in total. The van der Waals surface area contributed by atoms with Gasteiger partial charge in [0.25, 0.3) is 0 Å². The van der Waals surface area contributed by atoms with Gasteiger partial charge in [-0.2, -0.15) is 0 Å². The smallest absolute Gasteiger partial charge is 0.316 e. The van der Waals surface area contributed by atoms with Crippen molar-refractivity contribution < 1.29 is 9.53 Å². The second-order valence-corrected chi connectivity index (χ2v) is 8.45. The van der Waals surface area contributed by atoms with E-state index in [4.69, 9.17) is 27.9 Å². The van der Waals surface area contributed by atoms with Crippen LogP contribution in [-0.4, -0.2) is 31.0 Å². The summed E-state index contributed by atoms with van der Waals surface area (Å²) in [6, 6.07) is 13.2. The molecule has 2 aromatic rings. The molecule has 0 radical (unpaired) electrons. The first-order chi connectivity index (χ1) is 12.4. The third-order valence-electron chi connectivity index (χ3n) is 4.99. The van der Waals surface area contributed by atoms with Gasteiger partial charge in [-0.3, -0.25) is 4.79 Å². The van der Waals surface area contributed by atoms with Gasteiger partial charge >= 0.3 is 5.97 Å². The molecular weight excluding hydrogens is 472 g/mol. The minimum Gasteiger partial charge on any atom is -0.460 e. The third-order valence-corrected chi connectivity index (χ3v) is 6.25. The summed E-state index contributed by atoms with van der Waals surface area (Å²) in [5, 5.41) is 0.949. The summed E-state index contributed by atoms with van der Waals surface area (Å²) in [6.07, 6.45) is 1.39. The van der Waals surface area contributed by atoms with Gasteiger partial charge in [-0.05, 0) is 68.4 Å². The molecule has 0 N–H and O–H groups in total. The van der Waals surface area contributed by atoms with Gasteiger partial charge in [0.2, 0.25) is 0 Å². The van der Waals surface area contributed by atoms with Crippen molar-refractivity contribution >= 4 is 57.5 Å². The Morgan fingerprint density at radius 3 is 2.33 bits per heavy atom. The van der Waals surface area contributed by atoms with E-state index in [0.717, 1.165) is 28.7 Å². The SMILES string of the molecule is CN1CCC(C(=O)OCc2ccc(Br)cc2)(c2ccc(Cl)c(Cl)c2)CC1.Cl. The maximum atomic E-state index is 13.1. The normalized spacial score (nSPS) is 16.4. The Labute approximate surface area is 184 Å². The predicted molar refractivity (Wildman–Crippen MR) is 116 cm³/mol. The summed E-state index contributed by atoms with van der Waals surface area (Å²) in [7, 11) is 2.06. The number of carbonyl (C=O) groups excluding carboxylic acids is 1. The second-order valence-electron chi connectivity index (χ2n) is 6.72. The molecule has 1 saturated heterocycles. The summed E-state index contributed by atoms with van der Waals surface area (Å²) in [5.41, 5.74) is 1.15. The van der Waals surface area contributed by atoms with E-state index in [1.165, 1.54) is 0 Å². The van der Waals surface area contributed by atoms with Crippen LogP contribution in [0.3, 0.4) is 0 Å². The topological polar surface area (TPSA) is 29.5 Å². The molecule has 1 aliphatic rings. The minimum absolute atomic E-state index is 0. The number of rotatable bonds is 4. The molecule has 0 amide bonds. The highest BCUT2D eigenvalue weighted by molar-refractivity contribution is 9.10. The largest absolute Gasteiger partial charge is 0.460 e. The van der Waals surface area contributed by atoms with Crippen LogP contribution in [0, 0.1) is 0 Å². The van der Waals surface area contributed by atoms with Gasteiger partial charge < -0.3 is 9.64 Å². The van der Waals surface area contributed by atoms with E-state index < -0.39 is 5.41 Å². The van der Waals surface area contributed by atoms with Gasteiger partial charge in [0, 0.05) is 4.47 Å². The van der Waals surface area contributed by atoms with Crippen LogP contribution < -0.4 is 0 Å². The number of benzene rings is 2. The molecule has 146 valence electrons. The van der Waals surface area contributed by atoms with E-state index in [1.54, 1.807) is 12.1 Å². The Morgan fingerprint density at radius 1 is 1.11 bits per heavy atom. The molecule has 3 rings (SSSR count). The molecule has 7 heteroatoms. The molecule has 27 heavy (non-hydrogen) atoms. The standard InChI is InChI=1S/C20H20BrCl2NO2.ClH/c1-24-10-8-20(9-11-24,15-4-7-17(22)18(23)12-15)19(25)26-13-14-2-5-16(21)6-3-14;/h2-7,12H,8-11,13H2,1H3;1H. The van der Waals surface area contributed by atoms with Crippen LogP contribution in [0.25, 0.3) is 0 Å². The van der Waals surface area contributed by atoms with Crippen molar-refractivity contribution in [2.75, 3.05) is 20.1 Å². The first-order valence-electron chi connectivity index (χ1n) is 8.46. The van der Waals surface area contributed by atoms with E-state index in [1.807, 2.05) is 30.3 Å². The van der Waals surface area contributed by atoms with Crippen molar-refractivity contribution in [3.8, 4) is 0 Å². The Kier molecular flexibility index (Phi) is 8.02. The van der Waals surface area contributed by atoms with Crippen molar-refractivity contribution in [3.05, 3.63) is 68.1 Å². The fourth-order valence-electron chi connectivity index (χ4n) is 3.27.